The number of methoxy groups -OCH3 is 1. The number of anilines is 1. The summed E-state index contributed by atoms with van der Waals surface area (Å²) < 4.78 is 12.3. The van der Waals surface area contributed by atoms with Gasteiger partial charge in [0.1, 0.15) is 12.4 Å². The lowest BCUT2D eigenvalue weighted by atomic mass is 10.2. The van der Waals surface area contributed by atoms with Crippen molar-refractivity contribution in [2.24, 2.45) is 0 Å². The number of amides is 1. The Morgan fingerprint density at radius 2 is 2.26 bits per heavy atom. The third-order valence-electron chi connectivity index (χ3n) is 3.28. The van der Waals surface area contributed by atoms with Gasteiger partial charge in [-0.2, -0.15) is 0 Å². The molecular weight excluding hydrogens is 318 g/mol. The Bertz CT molecular complexity index is 632. The second kappa shape index (κ2) is 8.55. The van der Waals surface area contributed by atoms with Crippen molar-refractivity contribution in [3.05, 3.63) is 41.9 Å². The number of hydrogen-bond acceptors (Lipinski definition) is 4. The van der Waals surface area contributed by atoms with Crippen LogP contribution in [0, 0.1) is 0 Å². The monoisotopic (exact) mass is 337 g/mol. The average Bonchev–Trinajstić information content (AvgIpc) is 3.04. The first-order valence-corrected chi connectivity index (χ1v) is 7.66. The van der Waals surface area contributed by atoms with Gasteiger partial charge in [-0.1, -0.05) is 11.6 Å². The van der Waals surface area contributed by atoms with Crippen LogP contribution < -0.4 is 10.1 Å². The number of halogens is 1. The number of carbonyl (C=O) groups is 1. The molecule has 1 heterocycles. The molecule has 124 valence electrons. The Kier molecular flexibility index (Phi) is 6.43. The van der Waals surface area contributed by atoms with Crippen molar-refractivity contribution in [3.8, 4) is 5.75 Å². The van der Waals surface area contributed by atoms with Crippen molar-refractivity contribution in [3.63, 3.8) is 0 Å². The fourth-order valence-corrected chi connectivity index (χ4v) is 2.28. The van der Waals surface area contributed by atoms with E-state index in [1.807, 2.05) is 17.7 Å². The van der Waals surface area contributed by atoms with Gasteiger partial charge in [-0.3, -0.25) is 4.79 Å². The normalized spacial score (nSPS) is 12.0. The summed E-state index contributed by atoms with van der Waals surface area (Å²) in [4.78, 5) is 16.1. The number of nitrogens with one attached hydrogen (secondary N) is 1. The van der Waals surface area contributed by atoms with Crippen LogP contribution in [-0.2, 0) is 9.53 Å². The van der Waals surface area contributed by atoms with Gasteiger partial charge >= 0.3 is 0 Å². The van der Waals surface area contributed by atoms with Gasteiger partial charge in [0.2, 0.25) is 5.91 Å². The lowest BCUT2D eigenvalue weighted by Gasteiger charge is -2.14. The van der Waals surface area contributed by atoms with Crippen molar-refractivity contribution in [2.45, 2.75) is 19.4 Å². The van der Waals surface area contributed by atoms with Crippen LogP contribution in [0.25, 0.3) is 0 Å². The van der Waals surface area contributed by atoms with E-state index in [4.69, 9.17) is 21.1 Å². The zero-order valence-electron chi connectivity index (χ0n) is 13.2. The van der Waals surface area contributed by atoms with Crippen LogP contribution >= 0.6 is 11.6 Å². The number of imidazole rings is 1. The van der Waals surface area contributed by atoms with Crippen molar-refractivity contribution >= 4 is 23.2 Å². The standard InChI is InChI=1S/C16H20ClN3O3/c1-12(20-6-5-18-11-20)9-16(21)19-13-3-4-15(14(17)10-13)23-8-7-22-2/h3-6,10-12H,7-9H2,1-2H3,(H,19,21). The Morgan fingerprint density at radius 3 is 2.91 bits per heavy atom. The van der Waals surface area contributed by atoms with Crippen LogP contribution in [0.1, 0.15) is 19.4 Å². The van der Waals surface area contributed by atoms with Gasteiger partial charge in [-0.05, 0) is 25.1 Å². The third kappa shape index (κ3) is 5.26. The Hall–Kier alpha value is -2.05. The molecule has 6 nitrogen and oxygen atoms in total. The number of aromatic nitrogens is 2. The Morgan fingerprint density at radius 1 is 1.43 bits per heavy atom. The van der Waals surface area contributed by atoms with E-state index < -0.39 is 0 Å². The summed E-state index contributed by atoms with van der Waals surface area (Å²) in [6, 6.07) is 5.19. The summed E-state index contributed by atoms with van der Waals surface area (Å²) in [6.45, 7) is 2.87. The Balaban J connectivity index is 1.89. The van der Waals surface area contributed by atoms with Gasteiger partial charge in [0, 0.05) is 37.7 Å². The topological polar surface area (TPSA) is 65.4 Å². The summed E-state index contributed by atoms with van der Waals surface area (Å²) >= 11 is 6.15. The highest BCUT2D eigenvalue weighted by Crippen LogP contribution is 2.28. The lowest BCUT2D eigenvalue weighted by Crippen LogP contribution is -2.17. The molecule has 2 rings (SSSR count). The van der Waals surface area contributed by atoms with Gasteiger partial charge in [-0.15, -0.1) is 0 Å². The summed E-state index contributed by atoms with van der Waals surface area (Å²) in [5, 5.41) is 3.28. The average molecular weight is 338 g/mol. The molecule has 0 saturated heterocycles. The molecule has 1 aromatic carbocycles. The first-order valence-electron chi connectivity index (χ1n) is 7.28. The van der Waals surface area contributed by atoms with Crippen molar-refractivity contribution < 1.29 is 14.3 Å². The molecule has 2 aromatic rings. The summed E-state index contributed by atoms with van der Waals surface area (Å²) in [6.07, 6.45) is 5.57. The van der Waals surface area contributed by atoms with Gasteiger partial charge < -0.3 is 19.4 Å². The smallest absolute Gasteiger partial charge is 0.226 e. The number of nitrogens with zero attached hydrogens (tertiary/aromatic N) is 2. The van der Waals surface area contributed by atoms with Crippen LogP contribution in [0.4, 0.5) is 5.69 Å². The molecule has 23 heavy (non-hydrogen) atoms. The third-order valence-corrected chi connectivity index (χ3v) is 3.57. The summed E-state index contributed by atoms with van der Waals surface area (Å²) in [5.41, 5.74) is 0.636. The van der Waals surface area contributed by atoms with E-state index in [-0.39, 0.29) is 11.9 Å². The SMILES string of the molecule is COCCOc1ccc(NC(=O)CC(C)n2ccnc2)cc1Cl. The number of rotatable bonds is 8. The zero-order valence-corrected chi connectivity index (χ0v) is 13.9. The molecule has 0 aliphatic rings. The van der Waals surface area contributed by atoms with E-state index in [9.17, 15) is 4.79 Å². The summed E-state index contributed by atoms with van der Waals surface area (Å²) in [7, 11) is 1.61. The zero-order chi connectivity index (χ0) is 16.7. The van der Waals surface area contributed by atoms with Gasteiger partial charge in [0.05, 0.1) is 18.0 Å². The highest BCUT2D eigenvalue weighted by molar-refractivity contribution is 6.32. The van der Waals surface area contributed by atoms with Gasteiger partial charge in [-0.25, -0.2) is 4.98 Å². The molecule has 0 aliphatic carbocycles. The maximum atomic E-state index is 12.1. The predicted molar refractivity (Wildman–Crippen MR) is 89.0 cm³/mol. The summed E-state index contributed by atoms with van der Waals surface area (Å²) in [5.74, 6) is 0.476. The van der Waals surface area contributed by atoms with E-state index in [1.54, 1.807) is 37.8 Å². The molecule has 1 aromatic heterocycles. The lowest BCUT2D eigenvalue weighted by molar-refractivity contribution is -0.116. The van der Waals surface area contributed by atoms with E-state index in [2.05, 4.69) is 10.3 Å². The van der Waals surface area contributed by atoms with E-state index >= 15 is 0 Å². The second-order valence-electron chi connectivity index (χ2n) is 5.10. The molecule has 1 unspecified atom stereocenters. The molecule has 0 aliphatic heterocycles. The molecule has 7 heteroatoms. The van der Waals surface area contributed by atoms with Gasteiger partial charge in [0.25, 0.3) is 0 Å². The highest BCUT2D eigenvalue weighted by atomic mass is 35.5. The van der Waals surface area contributed by atoms with Crippen LogP contribution in [0.3, 0.4) is 0 Å². The Labute approximate surface area is 140 Å². The largest absolute Gasteiger partial charge is 0.490 e. The minimum atomic E-state index is -0.0877. The molecule has 0 radical (unpaired) electrons. The number of carbonyl (C=O) groups excluding carboxylic acids is 1. The van der Waals surface area contributed by atoms with Gasteiger partial charge in [0.15, 0.2) is 0 Å². The maximum Gasteiger partial charge on any atom is 0.226 e. The fraction of sp³-hybridized carbons (Fsp3) is 0.375. The molecule has 1 amide bonds. The molecule has 0 fully saturated rings. The molecule has 0 bridgehead atoms. The van der Waals surface area contributed by atoms with E-state index in [0.717, 1.165) is 0 Å². The highest BCUT2D eigenvalue weighted by Gasteiger charge is 2.11. The van der Waals surface area contributed by atoms with Crippen LogP contribution in [0.15, 0.2) is 36.9 Å². The molecule has 1 atom stereocenters. The number of ether oxygens (including phenoxy) is 2. The number of benzene rings is 1. The molecule has 1 N–H and O–H groups in total. The minimum Gasteiger partial charge on any atom is -0.490 e. The molecular formula is C16H20ClN3O3. The van der Waals surface area contributed by atoms with E-state index in [1.165, 1.54) is 0 Å². The van der Waals surface area contributed by atoms with Crippen molar-refractivity contribution in [1.82, 2.24) is 9.55 Å². The first kappa shape index (κ1) is 17.3. The first-order chi connectivity index (χ1) is 11.1. The fourth-order valence-electron chi connectivity index (χ4n) is 2.05. The second-order valence-corrected chi connectivity index (χ2v) is 5.50. The minimum absolute atomic E-state index is 0.0321. The van der Waals surface area contributed by atoms with E-state index in [0.29, 0.717) is 36.1 Å². The molecule has 0 spiro atoms. The molecule has 0 saturated carbocycles. The maximum absolute atomic E-state index is 12.1. The quantitative estimate of drug-likeness (QED) is 0.751. The van der Waals surface area contributed by atoms with Crippen LogP contribution in [0.2, 0.25) is 5.02 Å². The van der Waals surface area contributed by atoms with Crippen molar-refractivity contribution in [1.29, 1.82) is 0 Å². The predicted octanol–water partition coefficient (Wildman–Crippen LogP) is 3.15. The van der Waals surface area contributed by atoms with Crippen LogP contribution in [0.5, 0.6) is 5.75 Å². The van der Waals surface area contributed by atoms with Crippen LogP contribution in [-0.4, -0.2) is 35.8 Å². The number of hydrogen-bond donors (Lipinski definition) is 1. The van der Waals surface area contributed by atoms with Crippen molar-refractivity contribution in [2.75, 3.05) is 25.6 Å².